The van der Waals surface area contributed by atoms with E-state index in [0.717, 1.165) is 12.1 Å². The van der Waals surface area contributed by atoms with Crippen molar-refractivity contribution in [1.82, 2.24) is 0 Å². The Kier molecular flexibility index (Phi) is 3.33. The Morgan fingerprint density at radius 3 is 2.53 bits per heavy atom. The van der Waals surface area contributed by atoms with Crippen LogP contribution >= 0.6 is 0 Å². The Morgan fingerprint density at radius 2 is 2.00 bits per heavy atom. The summed E-state index contributed by atoms with van der Waals surface area (Å²) in [7, 11) is 0. The summed E-state index contributed by atoms with van der Waals surface area (Å²) in [6, 6.07) is 3.22. The minimum absolute atomic E-state index is 0.100. The topological polar surface area (TPSA) is 78.4 Å². The molecule has 4 nitrogen and oxygen atoms in total. The maximum Gasteiger partial charge on any atom is 0.362 e. The summed E-state index contributed by atoms with van der Waals surface area (Å²) in [6.45, 7) is 1.55. The fraction of sp³-hybridized carbons (Fsp3) is 0.111. The van der Waals surface area contributed by atoms with Gasteiger partial charge in [0.1, 0.15) is 11.6 Å². The number of benzene rings is 1. The first kappa shape index (κ1) is 11.1. The number of guanidine groups is 1. The summed E-state index contributed by atoms with van der Waals surface area (Å²) in [4.78, 5) is 0. The van der Waals surface area contributed by atoms with Gasteiger partial charge in [0.2, 0.25) is 0 Å². The summed E-state index contributed by atoms with van der Waals surface area (Å²) in [5, 5.41) is 5.99. The van der Waals surface area contributed by atoms with Crippen molar-refractivity contribution >= 4 is 11.7 Å². The van der Waals surface area contributed by atoms with Crippen LogP contribution in [0.3, 0.4) is 0 Å². The number of nitrogens with two attached hydrogens (primary N) is 2. The Labute approximate surface area is 85.3 Å². The third-order valence-corrected chi connectivity index (χ3v) is 1.67. The van der Waals surface area contributed by atoms with E-state index in [-0.39, 0.29) is 11.5 Å². The first-order valence-corrected chi connectivity index (χ1v) is 4.14. The molecule has 0 spiro atoms. The van der Waals surface area contributed by atoms with Crippen molar-refractivity contribution < 1.29 is 13.9 Å². The van der Waals surface area contributed by atoms with E-state index in [2.05, 4.69) is 10.2 Å². The molecule has 1 aromatic carbocycles. The van der Waals surface area contributed by atoms with E-state index in [9.17, 15) is 8.78 Å². The first-order chi connectivity index (χ1) is 7.00. The van der Waals surface area contributed by atoms with Crippen molar-refractivity contribution in [2.75, 3.05) is 0 Å². The normalized spacial score (nSPS) is 11.3. The third-order valence-electron chi connectivity index (χ3n) is 1.67. The van der Waals surface area contributed by atoms with Crippen LogP contribution in [0.15, 0.2) is 23.3 Å². The molecule has 0 saturated carbocycles. The van der Waals surface area contributed by atoms with Gasteiger partial charge in [-0.15, -0.1) is 5.10 Å². The zero-order chi connectivity index (χ0) is 11.4. The van der Waals surface area contributed by atoms with Crippen LogP contribution in [0.5, 0.6) is 0 Å². The summed E-state index contributed by atoms with van der Waals surface area (Å²) < 4.78 is 25.8. The molecular formula is C9H11F2N4+. The lowest BCUT2D eigenvalue weighted by Gasteiger charge is -1.99. The van der Waals surface area contributed by atoms with Crippen molar-refractivity contribution in [2.45, 2.75) is 6.92 Å². The molecule has 5 N–H and O–H groups in total. The molecule has 0 atom stereocenters. The van der Waals surface area contributed by atoms with Crippen LogP contribution in [0.4, 0.5) is 8.78 Å². The number of halogens is 2. The number of hydrogen-bond acceptors (Lipinski definition) is 1. The summed E-state index contributed by atoms with van der Waals surface area (Å²) in [5.41, 5.74) is 10.7. The van der Waals surface area contributed by atoms with E-state index in [0.29, 0.717) is 5.71 Å². The van der Waals surface area contributed by atoms with Crippen LogP contribution < -0.4 is 16.6 Å². The molecule has 6 heteroatoms. The number of nitrogens with one attached hydrogen (secondary N) is 1. The fourth-order valence-electron chi connectivity index (χ4n) is 0.992. The van der Waals surface area contributed by atoms with Crippen LogP contribution in [0.25, 0.3) is 0 Å². The van der Waals surface area contributed by atoms with Crippen molar-refractivity contribution in [3.05, 3.63) is 35.4 Å². The second-order valence-electron chi connectivity index (χ2n) is 2.89. The maximum absolute atomic E-state index is 13.2. The molecular weight excluding hydrogens is 202 g/mol. The molecule has 15 heavy (non-hydrogen) atoms. The Morgan fingerprint density at radius 1 is 1.33 bits per heavy atom. The number of hydrogen-bond donors (Lipinski definition) is 3. The van der Waals surface area contributed by atoms with Gasteiger partial charge in [0.15, 0.2) is 0 Å². The van der Waals surface area contributed by atoms with Gasteiger partial charge < -0.3 is 0 Å². The van der Waals surface area contributed by atoms with Gasteiger partial charge in [-0.1, -0.05) is 0 Å². The molecule has 0 aromatic heterocycles. The van der Waals surface area contributed by atoms with Crippen LogP contribution in [-0.4, -0.2) is 11.7 Å². The van der Waals surface area contributed by atoms with Gasteiger partial charge in [-0.3, -0.25) is 11.5 Å². The summed E-state index contributed by atoms with van der Waals surface area (Å²) in [6.07, 6.45) is 0. The van der Waals surface area contributed by atoms with Crippen molar-refractivity contribution in [2.24, 2.45) is 16.6 Å². The second kappa shape index (κ2) is 4.50. The third kappa shape index (κ3) is 3.01. The lowest BCUT2D eigenvalue weighted by atomic mass is 10.1. The first-order valence-electron chi connectivity index (χ1n) is 4.14. The lowest BCUT2D eigenvalue weighted by molar-refractivity contribution is -0.464. The highest BCUT2D eigenvalue weighted by atomic mass is 19.1. The zero-order valence-corrected chi connectivity index (χ0v) is 8.09. The molecule has 80 valence electrons. The number of nitrogens with zero attached hydrogens (tertiary/aromatic N) is 1. The minimum Gasteiger partial charge on any atom is -0.289 e. The Bertz CT molecular complexity index is 422. The molecule has 1 rings (SSSR count). The smallest absolute Gasteiger partial charge is 0.289 e. The minimum atomic E-state index is -0.686. The maximum atomic E-state index is 13.2. The molecule has 0 radical (unpaired) electrons. The molecule has 0 unspecified atom stereocenters. The molecule has 0 heterocycles. The van der Waals surface area contributed by atoms with Gasteiger partial charge >= 0.3 is 5.96 Å². The molecule has 1 aromatic rings. The van der Waals surface area contributed by atoms with Crippen LogP contribution in [-0.2, 0) is 0 Å². The number of hydrazone groups is 1. The van der Waals surface area contributed by atoms with Crippen LogP contribution in [0.2, 0.25) is 0 Å². The molecule has 0 aliphatic carbocycles. The highest BCUT2D eigenvalue weighted by Crippen LogP contribution is 2.09. The average Bonchev–Trinajstić information content (AvgIpc) is 2.14. The summed E-state index contributed by atoms with van der Waals surface area (Å²) >= 11 is 0. The van der Waals surface area contributed by atoms with Crippen LogP contribution in [0.1, 0.15) is 12.5 Å². The molecule has 0 amide bonds. The standard InChI is InChI=1S/C9H10F2N4/c1-5(14-15-9(12)13)7-3-2-6(10)4-8(7)11/h2-4H,1H3,(H4,12,13,15)/p+1/b14-5-. The van der Waals surface area contributed by atoms with Gasteiger partial charge in [0, 0.05) is 11.6 Å². The van der Waals surface area contributed by atoms with E-state index < -0.39 is 11.6 Å². The fourth-order valence-corrected chi connectivity index (χ4v) is 0.992. The average molecular weight is 213 g/mol. The van der Waals surface area contributed by atoms with E-state index in [1.807, 2.05) is 0 Å². The highest BCUT2D eigenvalue weighted by Gasteiger charge is 2.06. The molecule has 0 aliphatic rings. The van der Waals surface area contributed by atoms with Crippen molar-refractivity contribution in [3.63, 3.8) is 0 Å². The second-order valence-corrected chi connectivity index (χ2v) is 2.89. The van der Waals surface area contributed by atoms with E-state index in [1.165, 1.54) is 6.07 Å². The zero-order valence-electron chi connectivity index (χ0n) is 8.09. The van der Waals surface area contributed by atoms with Gasteiger partial charge in [-0.2, -0.15) is 5.10 Å². The summed E-state index contributed by atoms with van der Waals surface area (Å²) in [5.74, 6) is -1.42. The Hall–Kier alpha value is -1.98. The molecule has 0 saturated heterocycles. The van der Waals surface area contributed by atoms with Gasteiger partial charge in [0.25, 0.3) is 0 Å². The Balaban J connectivity index is 3.06. The van der Waals surface area contributed by atoms with E-state index in [4.69, 9.17) is 11.5 Å². The van der Waals surface area contributed by atoms with Gasteiger partial charge in [0.05, 0.1) is 5.71 Å². The van der Waals surface area contributed by atoms with E-state index >= 15 is 0 Å². The van der Waals surface area contributed by atoms with E-state index in [1.54, 1.807) is 6.92 Å². The molecule has 0 fully saturated rings. The van der Waals surface area contributed by atoms with Gasteiger partial charge in [-0.05, 0) is 19.1 Å². The predicted molar refractivity (Wildman–Crippen MR) is 52.9 cm³/mol. The highest BCUT2D eigenvalue weighted by molar-refractivity contribution is 5.98. The molecule has 0 aliphatic heterocycles. The van der Waals surface area contributed by atoms with Crippen LogP contribution in [0, 0.1) is 11.6 Å². The quantitative estimate of drug-likeness (QED) is 0.336. The van der Waals surface area contributed by atoms with Crippen molar-refractivity contribution in [1.29, 1.82) is 0 Å². The monoisotopic (exact) mass is 213 g/mol. The molecule has 0 bridgehead atoms. The lowest BCUT2D eigenvalue weighted by Crippen LogP contribution is -2.72. The predicted octanol–water partition coefficient (Wildman–Crippen LogP) is -0.957. The van der Waals surface area contributed by atoms with Gasteiger partial charge in [-0.25, -0.2) is 8.78 Å². The number of rotatable bonds is 2. The van der Waals surface area contributed by atoms with Crippen molar-refractivity contribution in [3.8, 4) is 0 Å². The largest absolute Gasteiger partial charge is 0.362 e. The SMILES string of the molecule is C/C(=N/[NH+]=C(N)N)c1ccc(F)cc1F.